The molecule has 2 aromatic heterocycles. The Morgan fingerprint density at radius 2 is 1.81 bits per heavy atom. The van der Waals surface area contributed by atoms with Crippen LogP contribution < -0.4 is 0 Å². The third kappa shape index (κ3) is 3.10. The Morgan fingerprint density at radius 1 is 1.00 bits per heavy atom. The van der Waals surface area contributed by atoms with E-state index < -0.39 is 0 Å². The molecule has 0 aliphatic carbocycles. The smallest absolute Gasteiger partial charge is 0.271 e. The van der Waals surface area contributed by atoms with Gasteiger partial charge in [0.15, 0.2) is 0 Å². The summed E-state index contributed by atoms with van der Waals surface area (Å²) >= 11 is 7.73. The van der Waals surface area contributed by atoms with E-state index in [1.807, 2.05) is 24.3 Å². The van der Waals surface area contributed by atoms with Gasteiger partial charge in [0.2, 0.25) is 0 Å². The maximum atomic E-state index is 13.1. The van der Waals surface area contributed by atoms with Crippen molar-refractivity contribution in [1.82, 2.24) is 14.4 Å². The van der Waals surface area contributed by atoms with Crippen molar-refractivity contribution < 1.29 is 4.79 Å². The van der Waals surface area contributed by atoms with Crippen LogP contribution in [0.15, 0.2) is 60.1 Å². The van der Waals surface area contributed by atoms with Crippen molar-refractivity contribution in [3.63, 3.8) is 0 Å². The molecule has 2 aliphatic heterocycles. The minimum atomic E-state index is 0.142. The Morgan fingerprint density at radius 3 is 2.59 bits per heavy atom. The SMILES string of the molecule is O=C1c2cccn2[C@H]2CN(Cc3ccc(Cl)cc3)C[C@H]2N1Cc1cccs1. The van der Waals surface area contributed by atoms with Gasteiger partial charge in [0.25, 0.3) is 5.91 Å². The lowest BCUT2D eigenvalue weighted by molar-refractivity contribution is 0.0559. The predicted molar refractivity (Wildman–Crippen MR) is 108 cm³/mol. The summed E-state index contributed by atoms with van der Waals surface area (Å²) in [7, 11) is 0. The van der Waals surface area contributed by atoms with E-state index in [1.54, 1.807) is 11.3 Å². The van der Waals surface area contributed by atoms with Gasteiger partial charge in [-0.05, 0) is 41.3 Å². The molecule has 5 rings (SSSR count). The van der Waals surface area contributed by atoms with Crippen LogP contribution in [0.2, 0.25) is 5.02 Å². The Balaban J connectivity index is 1.42. The molecule has 0 spiro atoms. The topological polar surface area (TPSA) is 28.5 Å². The van der Waals surface area contributed by atoms with Gasteiger partial charge >= 0.3 is 0 Å². The second-order valence-electron chi connectivity index (χ2n) is 7.27. The first-order chi connectivity index (χ1) is 13.2. The summed E-state index contributed by atoms with van der Waals surface area (Å²) in [5, 5.41) is 2.84. The molecule has 1 fully saturated rings. The van der Waals surface area contributed by atoms with Crippen molar-refractivity contribution >= 4 is 28.8 Å². The number of hydrogen-bond acceptors (Lipinski definition) is 3. The minimum Gasteiger partial charge on any atom is -0.337 e. The number of carbonyl (C=O) groups is 1. The number of hydrogen-bond donors (Lipinski definition) is 0. The number of amides is 1. The van der Waals surface area contributed by atoms with Crippen LogP contribution in [-0.4, -0.2) is 39.4 Å². The quantitative estimate of drug-likeness (QED) is 0.657. The van der Waals surface area contributed by atoms with Crippen LogP contribution in [0.4, 0.5) is 0 Å². The van der Waals surface area contributed by atoms with Crippen LogP contribution >= 0.6 is 22.9 Å². The number of likely N-dealkylation sites (tertiary alicyclic amines) is 1. The van der Waals surface area contributed by atoms with Crippen LogP contribution in [0.25, 0.3) is 0 Å². The molecule has 2 aliphatic rings. The molecule has 0 unspecified atom stereocenters. The molecule has 0 saturated carbocycles. The highest BCUT2D eigenvalue weighted by Crippen LogP contribution is 2.35. The van der Waals surface area contributed by atoms with E-state index in [2.05, 4.69) is 50.2 Å². The summed E-state index contributed by atoms with van der Waals surface area (Å²) in [5.74, 6) is 0.142. The summed E-state index contributed by atoms with van der Waals surface area (Å²) in [6.07, 6.45) is 2.05. The van der Waals surface area contributed by atoms with Crippen molar-refractivity contribution in [2.75, 3.05) is 13.1 Å². The van der Waals surface area contributed by atoms with Crippen LogP contribution in [0.1, 0.15) is 27.0 Å². The lowest BCUT2D eigenvalue weighted by Crippen LogP contribution is -2.49. The maximum Gasteiger partial charge on any atom is 0.271 e. The van der Waals surface area contributed by atoms with Crippen LogP contribution in [0.3, 0.4) is 0 Å². The molecule has 1 saturated heterocycles. The molecular formula is C21H20ClN3OS. The lowest BCUT2D eigenvalue weighted by atomic mass is 10.1. The number of aromatic nitrogens is 1. The normalized spacial score (nSPS) is 22.1. The first kappa shape index (κ1) is 17.0. The molecule has 0 radical (unpaired) electrons. The number of fused-ring (bicyclic) bond motifs is 3. The zero-order valence-corrected chi connectivity index (χ0v) is 16.4. The number of thiophene rings is 1. The molecule has 4 nitrogen and oxygen atoms in total. The van der Waals surface area contributed by atoms with Crippen LogP contribution in [0, 0.1) is 0 Å². The van der Waals surface area contributed by atoms with Crippen molar-refractivity contribution in [2.45, 2.75) is 25.2 Å². The van der Waals surface area contributed by atoms with E-state index in [9.17, 15) is 4.79 Å². The fourth-order valence-electron chi connectivity index (χ4n) is 4.33. The van der Waals surface area contributed by atoms with Gasteiger partial charge in [-0.2, -0.15) is 0 Å². The monoisotopic (exact) mass is 397 g/mol. The first-order valence-electron chi connectivity index (χ1n) is 9.16. The number of rotatable bonds is 4. The summed E-state index contributed by atoms with van der Waals surface area (Å²) in [6, 6.07) is 16.7. The van der Waals surface area contributed by atoms with Gasteiger partial charge in [0.05, 0.1) is 18.6 Å². The molecule has 4 heterocycles. The molecule has 0 N–H and O–H groups in total. The van der Waals surface area contributed by atoms with Gasteiger partial charge in [0, 0.05) is 35.7 Å². The van der Waals surface area contributed by atoms with E-state index >= 15 is 0 Å². The highest BCUT2D eigenvalue weighted by Gasteiger charge is 2.44. The average molecular weight is 398 g/mol. The van der Waals surface area contributed by atoms with Crippen molar-refractivity contribution in [3.8, 4) is 0 Å². The predicted octanol–water partition coefficient (Wildman–Crippen LogP) is 4.28. The number of benzene rings is 1. The highest BCUT2D eigenvalue weighted by molar-refractivity contribution is 7.09. The summed E-state index contributed by atoms with van der Waals surface area (Å²) < 4.78 is 2.18. The molecule has 1 aromatic carbocycles. The number of nitrogens with zero attached hydrogens (tertiary/aromatic N) is 3. The van der Waals surface area contributed by atoms with Gasteiger partial charge < -0.3 is 9.47 Å². The van der Waals surface area contributed by atoms with Gasteiger partial charge in [-0.1, -0.05) is 29.8 Å². The van der Waals surface area contributed by atoms with E-state index in [1.165, 1.54) is 10.4 Å². The third-order valence-electron chi connectivity index (χ3n) is 5.58. The number of carbonyl (C=O) groups excluding carboxylic acids is 1. The fourth-order valence-corrected chi connectivity index (χ4v) is 5.15. The van der Waals surface area contributed by atoms with E-state index in [-0.39, 0.29) is 11.9 Å². The van der Waals surface area contributed by atoms with Crippen LogP contribution in [0.5, 0.6) is 0 Å². The maximum absolute atomic E-state index is 13.1. The van der Waals surface area contributed by atoms with E-state index in [4.69, 9.17) is 11.6 Å². The van der Waals surface area contributed by atoms with Gasteiger partial charge in [-0.3, -0.25) is 9.69 Å². The molecular weight excluding hydrogens is 378 g/mol. The third-order valence-corrected chi connectivity index (χ3v) is 6.69. The van der Waals surface area contributed by atoms with Crippen LogP contribution in [-0.2, 0) is 13.1 Å². The highest BCUT2D eigenvalue weighted by atomic mass is 35.5. The van der Waals surface area contributed by atoms with Gasteiger partial charge in [-0.15, -0.1) is 11.3 Å². The zero-order chi connectivity index (χ0) is 18.4. The zero-order valence-electron chi connectivity index (χ0n) is 14.8. The second-order valence-corrected chi connectivity index (χ2v) is 8.74. The molecule has 1 amide bonds. The molecule has 138 valence electrons. The fraction of sp³-hybridized carbons (Fsp3) is 0.286. The summed E-state index contributed by atoms with van der Waals surface area (Å²) in [4.78, 5) is 18.9. The molecule has 0 bridgehead atoms. The second kappa shape index (κ2) is 6.82. The molecule has 27 heavy (non-hydrogen) atoms. The minimum absolute atomic E-state index is 0.142. The first-order valence-corrected chi connectivity index (χ1v) is 10.4. The summed E-state index contributed by atoms with van der Waals surface area (Å²) in [6.45, 7) is 3.41. The Bertz CT molecular complexity index is 950. The van der Waals surface area contributed by atoms with Crippen molar-refractivity contribution in [2.24, 2.45) is 0 Å². The molecule has 2 atom stereocenters. The Labute approximate surface area is 167 Å². The largest absolute Gasteiger partial charge is 0.337 e. The standard InChI is InChI=1S/C21H20ClN3OS/c22-16-7-5-15(6-8-16)11-23-13-19-20(14-23)25(12-17-3-2-10-27-17)21(26)18-4-1-9-24(18)19/h1-10,19-20H,11-14H2/t19-,20+/m0/s1. The average Bonchev–Trinajstić information content (AvgIpc) is 3.40. The Kier molecular flexibility index (Phi) is 4.31. The van der Waals surface area contributed by atoms with Gasteiger partial charge in [0.1, 0.15) is 5.69 Å². The van der Waals surface area contributed by atoms with Gasteiger partial charge in [-0.25, -0.2) is 0 Å². The molecule has 3 aromatic rings. The lowest BCUT2D eigenvalue weighted by Gasteiger charge is -2.38. The molecule has 6 heteroatoms. The number of halogens is 1. The van der Waals surface area contributed by atoms with Crippen molar-refractivity contribution in [1.29, 1.82) is 0 Å². The Hall–Kier alpha value is -2.08. The van der Waals surface area contributed by atoms with E-state index in [0.717, 1.165) is 30.4 Å². The summed E-state index contributed by atoms with van der Waals surface area (Å²) in [5.41, 5.74) is 2.06. The van der Waals surface area contributed by atoms with Crippen molar-refractivity contribution in [3.05, 3.63) is 81.3 Å². The van der Waals surface area contributed by atoms with E-state index in [0.29, 0.717) is 12.6 Å².